The van der Waals surface area contributed by atoms with Crippen molar-refractivity contribution in [3.05, 3.63) is 22.9 Å². The molecule has 16 heavy (non-hydrogen) atoms. The first-order valence-corrected chi connectivity index (χ1v) is 5.85. The van der Waals surface area contributed by atoms with E-state index in [-0.39, 0.29) is 16.6 Å². The molecule has 0 spiro atoms. The number of anilines is 2. The minimum atomic E-state index is 0.0520. The van der Waals surface area contributed by atoms with E-state index in [4.69, 9.17) is 23.1 Å². The molecule has 0 fully saturated rings. The molecule has 1 unspecified atom stereocenters. The van der Waals surface area contributed by atoms with Gasteiger partial charge in [0, 0.05) is 15.4 Å². The largest absolute Gasteiger partial charge is 0.382 e. The highest BCUT2D eigenvalue weighted by Gasteiger charge is 2.18. The Morgan fingerprint density at radius 1 is 1.38 bits per heavy atom. The van der Waals surface area contributed by atoms with Gasteiger partial charge in [0.25, 0.3) is 0 Å². The first-order valence-electron chi connectivity index (χ1n) is 4.56. The van der Waals surface area contributed by atoms with Gasteiger partial charge in [-0.05, 0) is 6.42 Å². The molecule has 0 amide bonds. The van der Waals surface area contributed by atoms with Gasteiger partial charge in [-0.1, -0.05) is 39.7 Å². The van der Waals surface area contributed by atoms with Crippen LogP contribution < -0.4 is 11.5 Å². The molecule has 0 saturated carbocycles. The molecule has 1 aromatic rings. The van der Waals surface area contributed by atoms with Crippen LogP contribution in [-0.4, -0.2) is 20.0 Å². The predicted octanol–water partition coefficient (Wildman–Crippen LogP) is 1.71. The number of alkyl halides is 1. The summed E-state index contributed by atoms with van der Waals surface area (Å²) in [4.78, 5) is 4.08. The summed E-state index contributed by atoms with van der Waals surface area (Å²) in [6, 6.07) is 0. The van der Waals surface area contributed by atoms with Crippen molar-refractivity contribution in [1.29, 1.82) is 0 Å². The van der Waals surface area contributed by atoms with Crippen LogP contribution in [0.15, 0.2) is 17.2 Å². The normalized spacial score (nSPS) is 20.2. The van der Waals surface area contributed by atoms with Crippen LogP contribution in [0, 0.1) is 0 Å². The van der Waals surface area contributed by atoms with Gasteiger partial charge in [0.1, 0.15) is 5.69 Å². The van der Waals surface area contributed by atoms with Crippen molar-refractivity contribution in [2.75, 3.05) is 11.5 Å². The van der Waals surface area contributed by atoms with E-state index in [9.17, 15) is 0 Å². The molecule has 84 valence electrons. The molecule has 2 rings (SSSR count). The fourth-order valence-electron chi connectivity index (χ4n) is 1.40. The number of rotatable bonds is 1. The minimum absolute atomic E-state index is 0.0520. The van der Waals surface area contributed by atoms with E-state index >= 15 is 0 Å². The third-order valence-electron chi connectivity index (χ3n) is 2.12. The van der Waals surface area contributed by atoms with Crippen molar-refractivity contribution in [1.82, 2.24) is 15.2 Å². The molecule has 1 heterocycles. The number of allylic oxidation sites excluding steroid dienone is 4. The summed E-state index contributed by atoms with van der Waals surface area (Å²) in [6.45, 7) is 0. The highest BCUT2D eigenvalue weighted by atomic mass is 79.9. The molecule has 1 atom stereocenters. The van der Waals surface area contributed by atoms with E-state index in [0.717, 1.165) is 12.0 Å². The van der Waals surface area contributed by atoms with Crippen LogP contribution >= 0.6 is 27.5 Å². The standard InChI is InChI=1S/C9H9BrClN5/c10-4-1-2-5(6(11)3-4)7-8(12)14-9(13)16-15-7/h2-4H,1H2,(H4,12,13,14,16). The first-order chi connectivity index (χ1) is 7.58. The average molecular weight is 303 g/mol. The summed E-state index contributed by atoms with van der Waals surface area (Å²) in [7, 11) is 0. The Kier molecular flexibility index (Phi) is 3.11. The maximum atomic E-state index is 6.10. The molecular weight excluding hydrogens is 293 g/mol. The molecule has 4 N–H and O–H groups in total. The van der Waals surface area contributed by atoms with Crippen LogP contribution in [0.25, 0.3) is 5.57 Å². The number of hydrogen-bond donors (Lipinski definition) is 2. The highest BCUT2D eigenvalue weighted by molar-refractivity contribution is 9.09. The van der Waals surface area contributed by atoms with Crippen LogP contribution in [0.1, 0.15) is 12.1 Å². The van der Waals surface area contributed by atoms with Crippen molar-refractivity contribution in [2.24, 2.45) is 0 Å². The molecule has 0 aliphatic heterocycles. The zero-order valence-electron chi connectivity index (χ0n) is 8.19. The quantitative estimate of drug-likeness (QED) is 0.771. The lowest BCUT2D eigenvalue weighted by atomic mass is 10.0. The Labute approximate surface area is 106 Å². The molecule has 0 aromatic carbocycles. The van der Waals surface area contributed by atoms with Crippen LogP contribution in [-0.2, 0) is 0 Å². The van der Waals surface area contributed by atoms with Crippen molar-refractivity contribution >= 4 is 44.9 Å². The molecule has 1 aliphatic rings. The first kappa shape index (κ1) is 11.3. The second-order valence-corrected chi connectivity index (χ2v) is 4.87. The zero-order chi connectivity index (χ0) is 11.7. The van der Waals surface area contributed by atoms with Gasteiger partial charge in [-0.15, -0.1) is 10.2 Å². The molecule has 1 aromatic heterocycles. The van der Waals surface area contributed by atoms with E-state index in [2.05, 4.69) is 31.1 Å². The molecular formula is C9H9BrClN5. The average Bonchev–Trinajstić information content (AvgIpc) is 2.19. The smallest absolute Gasteiger partial charge is 0.242 e. The monoisotopic (exact) mass is 301 g/mol. The number of nitrogen functional groups attached to an aromatic ring is 2. The fourth-order valence-corrected chi connectivity index (χ4v) is 2.32. The van der Waals surface area contributed by atoms with Crippen LogP contribution in [0.2, 0.25) is 0 Å². The second kappa shape index (κ2) is 4.39. The third-order valence-corrected chi connectivity index (χ3v) is 3.08. The summed E-state index contributed by atoms with van der Waals surface area (Å²) in [5.41, 5.74) is 12.3. The van der Waals surface area contributed by atoms with Crippen LogP contribution in [0.3, 0.4) is 0 Å². The summed E-state index contributed by atoms with van der Waals surface area (Å²) < 4.78 is 0. The maximum absolute atomic E-state index is 6.10. The van der Waals surface area contributed by atoms with E-state index in [1.165, 1.54) is 0 Å². The van der Waals surface area contributed by atoms with E-state index < -0.39 is 0 Å². The fraction of sp³-hybridized carbons (Fsp3) is 0.222. The molecule has 0 radical (unpaired) electrons. The number of nitrogens with zero attached hydrogens (tertiary/aromatic N) is 3. The van der Waals surface area contributed by atoms with Gasteiger partial charge in [-0.25, -0.2) is 0 Å². The van der Waals surface area contributed by atoms with Gasteiger partial charge < -0.3 is 11.5 Å². The van der Waals surface area contributed by atoms with Gasteiger partial charge >= 0.3 is 0 Å². The number of aromatic nitrogens is 3. The lowest BCUT2D eigenvalue weighted by Crippen LogP contribution is -2.09. The summed E-state index contributed by atoms with van der Waals surface area (Å²) >= 11 is 9.55. The molecule has 0 saturated heterocycles. The van der Waals surface area contributed by atoms with Crippen molar-refractivity contribution in [2.45, 2.75) is 11.2 Å². The summed E-state index contributed by atoms with van der Waals surface area (Å²) in [5.74, 6) is 0.287. The Morgan fingerprint density at radius 2 is 2.12 bits per heavy atom. The molecule has 1 aliphatic carbocycles. The SMILES string of the molecule is Nc1nnc(C2=CCC(Br)C=C2Cl)c(N)n1. The Balaban J connectivity index is 2.42. The van der Waals surface area contributed by atoms with Gasteiger partial charge in [0.15, 0.2) is 5.82 Å². The lowest BCUT2D eigenvalue weighted by Gasteiger charge is -2.14. The van der Waals surface area contributed by atoms with Crippen LogP contribution in [0.5, 0.6) is 0 Å². The van der Waals surface area contributed by atoms with Gasteiger partial charge in [0.05, 0.1) is 0 Å². The lowest BCUT2D eigenvalue weighted by molar-refractivity contribution is 0.969. The number of halogens is 2. The zero-order valence-corrected chi connectivity index (χ0v) is 10.5. The number of nitrogens with two attached hydrogens (primary N) is 2. The van der Waals surface area contributed by atoms with Crippen LogP contribution in [0.4, 0.5) is 11.8 Å². The topological polar surface area (TPSA) is 90.7 Å². The minimum Gasteiger partial charge on any atom is -0.382 e. The van der Waals surface area contributed by atoms with Gasteiger partial charge in [0.2, 0.25) is 5.95 Å². The van der Waals surface area contributed by atoms with Gasteiger partial charge in [-0.2, -0.15) is 4.98 Å². The Hall–Kier alpha value is -1.14. The van der Waals surface area contributed by atoms with Crippen molar-refractivity contribution < 1.29 is 0 Å². The van der Waals surface area contributed by atoms with E-state index in [1.807, 2.05) is 12.2 Å². The van der Waals surface area contributed by atoms with Crippen molar-refractivity contribution in [3.63, 3.8) is 0 Å². The predicted molar refractivity (Wildman–Crippen MR) is 67.9 cm³/mol. The van der Waals surface area contributed by atoms with E-state index in [1.54, 1.807) is 0 Å². The molecule has 0 bridgehead atoms. The number of hydrogen-bond acceptors (Lipinski definition) is 5. The van der Waals surface area contributed by atoms with Crippen molar-refractivity contribution in [3.8, 4) is 0 Å². The Bertz CT molecular complexity index is 485. The third kappa shape index (κ3) is 2.17. The molecule has 5 nitrogen and oxygen atoms in total. The summed E-state index contributed by atoms with van der Waals surface area (Å²) in [6.07, 6.45) is 4.64. The summed E-state index contributed by atoms with van der Waals surface area (Å²) in [5, 5.41) is 8.16. The van der Waals surface area contributed by atoms with Gasteiger partial charge in [-0.3, -0.25) is 0 Å². The molecule has 7 heteroatoms. The Morgan fingerprint density at radius 3 is 2.75 bits per heavy atom. The highest BCUT2D eigenvalue weighted by Crippen LogP contribution is 2.33. The second-order valence-electron chi connectivity index (χ2n) is 3.29. The maximum Gasteiger partial charge on any atom is 0.242 e. The van der Waals surface area contributed by atoms with E-state index in [0.29, 0.717) is 10.7 Å².